The highest BCUT2D eigenvalue weighted by atomic mass is 15.2. The van der Waals surface area contributed by atoms with Gasteiger partial charge < -0.3 is 14.7 Å². The van der Waals surface area contributed by atoms with E-state index < -0.39 is 0 Å². The molecule has 3 nitrogen and oxygen atoms in total. The van der Waals surface area contributed by atoms with Gasteiger partial charge in [-0.25, -0.2) is 0 Å². The fourth-order valence-electron chi connectivity index (χ4n) is 12.5. The van der Waals surface area contributed by atoms with Gasteiger partial charge in [-0.05, 0) is 173 Å². The van der Waals surface area contributed by atoms with Crippen LogP contribution in [0.1, 0.15) is 130 Å². The summed E-state index contributed by atoms with van der Waals surface area (Å²) in [4.78, 5) is 7.68. The average molecular weight is 1000 g/mol. The minimum atomic E-state index is -0.162. The summed E-state index contributed by atoms with van der Waals surface area (Å²) >= 11 is 0. The number of nitrogens with zero attached hydrogens (tertiary/aromatic N) is 3. The van der Waals surface area contributed by atoms with E-state index in [1.54, 1.807) is 0 Å². The van der Waals surface area contributed by atoms with Crippen molar-refractivity contribution < 1.29 is 0 Å². The van der Waals surface area contributed by atoms with E-state index in [1.165, 1.54) is 100 Å². The zero-order chi connectivity index (χ0) is 54.1. The van der Waals surface area contributed by atoms with Crippen LogP contribution in [-0.2, 0) is 27.1 Å². The maximum atomic E-state index is 2.61. The van der Waals surface area contributed by atoms with Gasteiger partial charge in [-0.3, -0.25) is 0 Å². The molecule has 9 aromatic rings. The summed E-state index contributed by atoms with van der Waals surface area (Å²) in [6, 6.07) is 74.8. The molecule has 0 aromatic heterocycles. The van der Waals surface area contributed by atoms with E-state index in [9.17, 15) is 0 Å². The van der Waals surface area contributed by atoms with Gasteiger partial charge in [0.05, 0.1) is 0 Å². The third kappa shape index (κ3) is 8.51. The summed E-state index contributed by atoms with van der Waals surface area (Å²) in [5.74, 6) is 0. The van der Waals surface area contributed by atoms with Crippen molar-refractivity contribution in [3.8, 4) is 22.3 Å². The van der Waals surface area contributed by atoms with E-state index in [4.69, 9.17) is 0 Å². The lowest BCUT2D eigenvalue weighted by atomic mass is 9.33. The highest BCUT2D eigenvalue weighted by Crippen LogP contribution is 2.53. The highest BCUT2D eigenvalue weighted by molar-refractivity contribution is 7.00. The lowest BCUT2D eigenvalue weighted by Crippen LogP contribution is -2.61. The maximum Gasteiger partial charge on any atom is 0.252 e. The zero-order valence-corrected chi connectivity index (χ0v) is 47.9. The van der Waals surface area contributed by atoms with Crippen LogP contribution in [0, 0.1) is 0 Å². The van der Waals surface area contributed by atoms with E-state index in [0.29, 0.717) is 0 Å². The number of hydrogen-bond acceptors (Lipinski definition) is 3. The second-order valence-electron chi connectivity index (χ2n) is 26.8. The number of rotatable bonds is 6. The molecule has 384 valence electrons. The fourth-order valence-corrected chi connectivity index (χ4v) is 12.5. The summed E-state index contributed by atoms with van der Waals surface area (Å²) in [7, 11) is 0. The molecule has 0 unspecified atom stereocenters. The van der Waals surface area contributed by atoms with E-state index in [-0.39, 0.29) is 33.8 Å². The van der Waals surface area contributed by atoms with E-state index >= 15 is 0 Å². The predicted octanol–water partition coefficient (Wildman–Crippen LogP) is 18.4. The van der Waals surface area contributed by atoms with Gasteiger partial charge >= 0.3 is 0 Å². The van der Waals surface area contributed by atoms with Gasteiger partial charge in [0.2, 0.25) is 0 Å². The number of hydrogen-bond donors (Lipinski definition) is 0. The van der Waals surface area contributed by atoms with Crippen molar-refractivity contribution in [2.24, 2.45) is 0 Å². The third-order valence-electron chi connectivity index (χ3n) is 17.1. The van der Waals surface area contributed by atoms with Crippen LogP contribution >= 0.6 is 0 Å². The van der Waals surface area contributed by atoms with Crippen LogP contribution in [0.5, 0.6) is 0 Å². The summed E-state index contributed by atoms with van der Waals surface area (Å²) in [5, 5.41) is 0. The third-order valence-corrected chi connectivity index (χ3v) is 17.1. The van der Waals surface area contributed by atoms with Crippen molar-refractivity contribution in [3.63, 3.8) is 0 Å². The molecule has 4 heteroatoms. The Morgan fingerprint density at radius 3 is 1.42 bits per heavy atom. The first-order chi connectivity index (χ1) is 36.5. The minimum Gasteiger partial charge on any atom is -0.311 e. The monoisotopic (exact) mass is 1000 g/mol. The van der Waals surface area contributed by atoms with Crippen LogP contribution in [0.4, 0.5) is 51.2 Å². The Balaban J connectivity index is 1.15. The molecule has 2 aliphatic heterocycles. The molecule has 0 amide bonds. The average Bonchev–Trinajstić information content (AvgIpc) is 3.83. The van der Waals surface area contributed by atoms with Crippen LogP contribution in [0.25, 0.3) is 22.3 Å². The van der Waals surface area contributed by atoms with Gasteiger partial charge in [0, 0.05) is 56.6 Å². The quantitative estimate of drug-likeness (QED) is 0.154. The van der Waals surface area contributed by atoms with E-state index in [0.717, 1.165) is 22.7 Å². The molecule has 0 fully saturated rings. The van der Waals surface area contributed by atoms with E-state index in [2.05, 4.69) is 306 Å². The smallest absolute Gasteiger partial charge is 0.252 e. The summed E-state index contributed by atoms with van der Waals surface area (Å²) in [6.07, 6.45) is 0. The molecule has 12 rings (SSSR count). The predicted molar refractivity (Wildman–Crippen MR) is 333 cm³/mol. The molecular weight excluding hydrogens is 930 g/mol. The maximum absolute atomic E-state index is 2.61. The normalized spacial score (nSPS) is 14.4. The van der Waals surface area contributed by atoms with Gasteiger partial charge in [-0.2, -0.15) is 0 Å². The minimum absolute atomic E-state index is 0.0000380. The van der Waals surface area contributed by atoms with Crippen molar-refractivity contribution in [1.82, 2.24) is 0 Å². The van der Waals surface area contributed by atoms with Crippen LogP contribution in [0.3, 0.4) is 0 Å². The van der Waals surface area contributed by atoms with Crippen LogP contribution < -0.4 is 31.1 Å². The van der Waals surface area contributed by atoms with Gasteiger partial charge in [0.25, 0.3) is 6.71 Å². The molecule has 0 saturated carbocycles. The summed E-state index contributed by atoms with van der Waals surface area (Å²) in [6.45, 7) is 32.5. The van der Waals surface area contributed by atoms with Crippen molar-refractivity contribution in [2.45, 2.75) is 124 Å². The lowest BCUT2D eigenvalue weighted by molar-refractivity contribution is 0.590. The van der Waals surface area contributed by atoms with Gasteiger partial charge in [-0.15, -0.1) is 0 Å². The number of benzene rings is 9. The summed E-state index contributed by atoms with van der Waals surface area (Å²) < 4.78 is 0. The first-order valence-corrected chi connectivity index (χ1v) is 27.9. The second-order valence-corrected chi connectivity index (χ2v) is 26.8. The van der Waals surface area contributed by atoms with Crippen LogP contribution in [-0.4, -0.2) is 6.71 Å². The van der Waals surface area contributed by atoms with Crippen LogP contribution in [0.15, 0.2) is 194 Å². The Hall–Kier alpha value is -7.56. The molecule has 77 heavy (non-hydrogen) atoms. The molecule has 1 aliphatic carbocycles. The topological polar surface area (TPSA) is 9.72 Å². The Bertz CT molecular complexity index is 3690. The number of fused-ring (bicyclic) bond motifs is 7. The van der Waals surface area contributed by atoms with Gasteiger partial charge in [-0.1, -0.05) is 212 Å². The Kier molecular flexibility index (Phi) is 11.6. The molecule has 0 atom stereocenters. The first-order valence-electron chi connectivity index (χ1n) is 27.9. The van der Waals surface area contributed by atoms with Crippen molar-refractivity contribution in [1.29, 1.82) is 0 Å². The van der Waals surface area contributed by atoms with Gasteiger partial charge in [0.1, 0.15) is 0 Å². The Morgan fingerprint density at radius 2 is 0.844 bits per heavy atom. The standard InChI is InChI=1S/C73H74BN3/c1-69(2,3)49-25-31-53(32-26-49)75(54-33-27-50(28-34-54)70(4,5)6)57-38-40-62-65(46-57)76(55-35-29-51(30-36-55)71(7,8)9)66-43-52(72(10,11)12)44-67-68(66)74(62)63-42-48(47-20-16-15-17-21-47)24-41-64(63)77(67)56-37-39-59-58-22-18-19-23-60(58)73(13,14)61(59)45-56/h15-46H,1-14H3. The van der Waals surface area contributed by atoms with E-state index in [1.807, 2.05) is 0 Å². The fraction of sp³-hybridized carbons (Fsp3) is 0.260. The second kappa shape index (κ2) is 17.7. The van der Waals surface area contributed by atoms with Gasteiger partial charge in [0.15, 0.2) is 0 Å². The Morgan fingerprint density at radius 1 is 0.351 bits per heavy atom. The Labute approximate surface area is 460 Å². The summed E-state index contributed by atoms with van der Waals surface area (Å²) in [5.41, 5.74) is 27.3. The molecule has 0 saturated heterocycles. The molecule has 3 aliphatic rings. The largest absolute Gasteiger partial charge is 0.311 e. The first kappa shape index (κ1) is 50.3. The van der Waals surface area contributed by atoms with Crippen molar-refractivity contribution in [2.75, 3.05) is 14.7 Å². The lowest BCUT2D eigenvalue weighted by Gasteiger charge is -2.45. The molecular formula is C73H74BN3. The van der Waals surface area contributed by atoms with Crippen molar-refractivity contribution in [3.05, 3.63) is 228 Å². The van der Waals surface area contributed by atoms with Crippen molar-refractivity contribution >= 4 is 74.3 Å². The molecule has 0 bridgehead atoms. The molecule has 9 aromatic carbocycles. The SMILES string of the molecule is CC(C)(C)c1ccc(N(c2ccc(C(C)(C)C)cc2)c2ccc3c(c2)N(c2ccc(C(C)(C)C)cc2)c2cc(C(C)(C)C)cc4c2B3c2cc(-c3ccccc3)ccc2N4c2ccc3c(c2)C(C)(C)c2ccccc2-3)cc1. The molecule has 0 N–H and O–H groups in total. The molecule has 0 radical (unpaired) electrons. The molecule has 0 spiro atoms. The van der Waals surface area contributed by atoms with Crippen LogP contribution in [0.2, 0.25) is 0 Å². The molecule has 2 heterocycles. The number of anilines is 9. The zero-order valence-electron chi connectivity index (χ0n) is 47.9. The highest BCUT2D eigenvalue weighted by Gasteiger charge is 2.45.